The van der Waals surface area contributed by atoms with Gasteiger partial charge in [0.15, 0.2) is 0 Å². The molecule has 62 valence electrons. The maximum atomic E-state index is 11.2. The molecule has 5 heteroatoms. The van der Waals surface area contributed by atoms with Crippen LogP contribution in [0.5, 0.6) is 0 Å². The molecule has 11 heavy (non-hydrogen) atoms. The van der Waals surface area contributed by atoms with E-state index in [0.717, 1.165) is 12.8 Å². The fourth-order valence-electron chi connectivity index (χ4n) is 1.70. The van der Waals surface area contributed by atoms with Crippen LogP contribution in [0, 0.1) is 0 Å². The van der Waals surface area contributed by atoms with Crippen LogP contribution >= 0.6 is 0 Å². The molecule has 2 heterocycles. The molecule has 2 rings (SSSR count). The number of hydrogen-bond donors (Lipinski definition) is 1. The Morgan fingerprint density at radius 2 is 2.36 bits per heavy atom. The first kappa shape index (κ1) is 7.12. The fourth-order valence-corrected chi connectivity index (χ4v) is 3.30. The van der Waals surface area contributed by atoms with Crippen LogP contribution in [0.2, 0.25) is 0 Å². The van der Waals surface area contributed by atoms with E-state index in [-0.39, 0.29) is 6.04 Å². The second-order valence-corrected chi connectivity index (χ2v) is 4.67. The summed E-state index contributed by atoms with van der Waals surface area (Å²) < 4.78 is 23.9. The third-order valence-electron chi connectivity index (χ3n) is 2.20. The van der Waals surface area contributed by atoms with E-state index in [1.54, 1.807) is 0 Å². The van der Waals surface area contributed by atoms with Crippen molar-refractivity contribution in [3.05, 3.63) is 11.1 Å². The average Bonchev–Trinajstić information content (AvgIpc) is 2.37. The largest absolute Gasteiger partial charge is 0.400 e. The van der Waals surface area contributed by atoms with Crippen LogP contribution < -0.4 is 5.73 Å². The molecule has 0 aromatic rings. The van der Waals surface area contributed by atoms with Crippen molar-refractivity contribution in [3.63, 3.8) is 0 Å². The summed E-state index contributed by atoms with van der Waals surface area (Å²) >= 11 is 0. The summed E-state index contributed by atoms with van der Waals surface area (Å²) in [4.78, 5) is 0. The van der Waals surface area contributed by atoms with Gasteiger partial charge in [-0.25, -0.2) is 8.42 Å². The van der Waals surface area contributed by atoms with E-state index in [9.17, 15) is 8.42 Å². The normalized spacial score (nSPS) is 35.3. The van der Waals surface area contributed by atoms with Gasteiger partial charge in [-0.1, -0.05) is 0 Å². The molecule has 0 aromatic heterocycles. The summed E-state index contributed by atoms with van der Waals surface area (Å²) in [6, 6.07) is -0.0278. The van der Waals surface area contributed by atoms with Crippen LogP contribution in [-0.4, -0.2) is 25.3 Å². The van der Waals surface area contributed by atoms with Crippen molar-refractivity contribution in [1.82, 2.24) is 4.31 Å². The average molecular weight is 174 g/mol. The van der Waals surface area contributed by atoms with Crippen molar-refractivity contribution in [1.29, 1.82) is 0 Å². The van der Waals surface area contributed by atoms with Gasteiger partial charge in [0.25, 0.3) is 0 Å². The minimum absolute atomic E-state index is 0.0278. The predicted octanol–water partition coefficient (Wildman–Crippen LogP) is -0.406. The first-order valence-corrected chi connectivity index (χ1v) is 5.10. The lowest BCUT2D eigenvalue weighted by atomic mass is 10.2. The topological polar surface area (TPSA) is 63.4 Å². The van der Waals surface area contributed by atoms with Crippen LogP contribution in [0.1, 0.15) is 12.8 Å². The third-order valence-corrected chi connectivity index (χ3v) is 3.86. The molecule has 0 radical (unpaired) electrons. The van der Waals surface area contributed by atoms with E-state index < -0.39 is 10.0 Å². The maximum absolute atomic E-state index is 11.2. The first-order chi connectivity index (χ1) is 5.11. The van der Waals surface area contributed by atoms with Gasteiger partial charge in [0, 0.05) is 12.2 Å². The number of fused-ring (bicyclic) bond motifs is 1. The van der Waals surface area contributed by atoms with E-state index in [1.807, 2.05) is 0 Å². The lowest BCUT2D eigenvalue weighted by Crippen LogP contribution is -2.30. The van der Waals surface area contributed by atoms with Gasteiger partial charge in [0.1, 0.15) is 0 Å². The highest BCUT2D eigenvalue weighted by Gasteiger charge is 2.40. The molecule has 2 aliphatic rings. The highest BCUT2D eigenvalue weighted by Crippen LogP contribution is 2.30. The van der Waals surface area contributed by atoms with Crippen LogP contribution in [-0.2, 0) is 10.0 Å². The molecule has 0 spiro atoms. The van der Waals surface area contributed by atoms with Crippen molar-refractivity contribution in [3.8, 4) is 0 Å². The van der Waals surface area contributed by atoms with Gasteiger partial charge >= 0.3 is 0 Å². The van der Waals surface area contributed by atoms with Crippen LogP contribution in [0.4, 0.5) is 0 Å². The number of sulfonamides is 1. The first-order valence-electron chi connectivity index (χ1n) is 3.60. The SMILES string of the molecule is NC1=CS(=O)(=O)N2CCCC12. The van der Waals surface area contributed by atoms with Crippen molar-refractivity contribution in [2.75, 3.05) is 6.54 Å². The van der Waals surface area contributed by atoms with Crippen molar-refractivity contribution in [2.24, 2.45) is 5.73 Å². The summed E-state index contributed by atoms with van der Waals surface area (Å²) in [6.07, 6.45) is 1.81. The molecule has 0 aromatic carbocycles. The fraction of sp³-hybridized carbons (Fsp3) is 0.667. The minimum atomic E-state index is -3.13. The second-order valence-electron chi connectivity index (χ2n) is 2.93. The van der Waals surface area contributed by atoms with Gasteiger partial charge in [-0.2, -0.15) is 4.31 Å². The quantitative estimate of drug-likeness (QED) is 0.543. The van der Waals surface area contributed by atoms with E-state index in [0.29, 0.717) is 12.2 Å². The molecule has 1 fully saturated rings. The lowest BCUT2D eigenvalue weighted by molar-refractivity contribution is 0.439. The molecule has 1 unspecified atom stereocenters. The Morgan fingerprint density at radius 3 is 3.00 bits per heavy atom. The zero-order chi connectivity index (χ0) is 8.06. The Kier molecular flexibility index (Phi) is 1.28. The van der Waals surface area contributed by atoms with E-state index in [4.69, 9.17) is 5.73 Å². The number of rotatable bonds is 0. The smallest absolute Gasteiger partial charge is 0.238 e. The Hall–Kier alpha value is -0.550. The summed E-state index contributed by atoms with van der Waals surface area (Å²) in [7, 11) is -3.13. The zero-order valence-electron chi connectivity index (χ0n) is 6.03. The molecule has 1 saturated heterocycles. The Balaban J connectivity index is 2.46. The molecular formula is C6H10N2O2S. The summed E-state index contributed by atoms with van der Waals surface area (Å²) in [5.74, 6) is 0. The third kappa shape index (κ3) is 0.877. The number of nitrogens with two attached hydrogens (primary N) is 1. The zero-order valence-corrected chi connectivity index (χ0v) is 6.84. The highest BCUT2D eigenvalue weighted by molar-refractivity contribution is 7.92. The number of hydrogen-bond acceptors (Lipinski definition) is 3. The standard InChI is InChI=1S/C6H10N2O2S/c7-5-4-11(9,10)8-3-1-2-6(5)8/h4,6H,1-3,7H2. The molecule has 4 nitrogen and oxygen atoms in total. The minimum Gasteiger partial charge on any atom is -0.400 e. The molecule has 0 saturated carbocycles. The van der Waals surface area contributed by atoms with E-state index in [2.05, 4.69) is 0 Å². The Labute approximate surface area is 65.7 Å². The Bertz CT molecular complexity index is 307. The predicted molar refractivity (Wildman–Crippen MR) is 40.9 cm³/mol. The van der Waals surface area contributed by atoms with E-state index >= 15 is 0 Å². The van der Waals surface area contributed by atoms with Gasteiger partial charge in [0.05, 0.1) is 11.4 Å². The summed E-state index contributed by atoms with van der Waals surface area (Å²) in [6.45, 7) is 0.629. The molecule has 2 N–H and O–H groups in total. The van der Waals surface area contributed by atoms with Crippen LogP contribution in [0.25, 0.3) is 0 Å². The number of nitrogens with zero attached hydrogens (tertiary/aromatic N) is 1. The monoisotopic (exact) mass is 174 g/mol. The van der Waals surface area contributed by atoms with Gasteiger partial charge in [-0.3, -0.25) is 0 Å². The Morgan fingerprint density at radius 1 is 1.64 bits per heavy atom. The molecule has 0 aliphatic carbocycles. The van der Waals surface area contributed by atoms with Gasteiger partial charge in [-0.05, 0) is 12.8 Å². The van der Waals surface area contributed by atoms with Crippen LogP contribution in [0.15, 0.2) is 11.1 Å². The molecular weight excluding hydrogens is 164 g/mol. The van der Waals surface area contributed by atoms with Gasteiger partial charge in [0.2, 0.25) is 10.0 Å². The molecule has 2 aliphatic heterocycles. The lowest BCUT2D eigenvalue weighted by Gasteiger charge is -2.13. The summed E-state index contributed by atoms with van der Waals surface area (Å²) in [5, 5.41) is 1.18. The van der Waals surface area contributed by atoms with E-state index in [1.165, 1.54) is 9.71 Å². The molecule has 0 amide bonds. The summed E-state index contributed by atoms with van der Waals surface area (Å²) in [5.41, 5.74) is 6.04. The van der Waals surface area contributed by atoms with Crippen molar-refractivity contribution >= 4 is 10.0 Å². The molecule has 0 bridgehead atoms. The van der Waals surface area contributed by atoms with Gasteiger partial charge < -0.3 is 5.73 Å². The van der Waals surface area contributed by atoms with Crippen molar-refractivity contribution < 1.29 is 8.42 Å². The van der Waals surface area contributed by atoms with Crippen LogP contribution in [0.3, 0.4) is 0 Å². The second kappa shape index (κ2) is 1.98. The van der Waals surface area contributed by atoms with Gasteiger partial charge in [-0.15, -0.1) is 0 Å². The highest BCUT2D eigenvalue weighted by atomic mass is 32.2. The maximum Gasteiger partial charge on any atom is 0.238 e. The molecule has 1 atom stereocenters. The van der Waals surface area contributed by atoms with Crippen molar-refractivity contribution in [2.45, 2.75) is 18.9 Å².